The summed E-state index contributed by atoms with van der Waals surface area (Å²) in [5.41, 5.74) is 2.92. The van der Waals surface area contributed by atoms with Gasteiger partial charge in [0.25, 0.3) is 11.6 Å². The molecule has 0 aliphatic rings. The monoisotopic (exact) mass is 518 g/mol. The van der Waals surface area contributed by atoms with Crippen LogP contribution in [0.25, 0.3) is 22.2 Å². The number of hydrogen-bond donors (Lipinski definition) is 1. The van der Waals surface area contributed by atoms with Crippen molar-refractivity contribution in [2.24, 2.45) is 0 Å². The summed E-state index contributed by atoms with van der Waals surface area (Å²) >= 11 is 0. The van der Waals surface area contributed by atoms with Crippen LogP contribution >= 0.6 is 0 Å². The maximum Gasteiger partial charge on any atom is 0.340 e. The molecular weight excluding hydrogens is 496 g/mol. The van der Waals surface area contributed by atoms with Crippen LogP contribution in [-0.2, 0) is 9.53 Å². The number of rotatable bonds is 7. The van der Waals surface area contributed by atoms with E-state index in [2.05, 4.69) is 15.3 Å². The number of carbonyl (C=O) groups excluding carboxylic acids is 2. The molecule has 9 heteroatoms. The number of nitro benzene ring substituents is 1. The maximum absolute atomic E-state index is 13.7. The topological polar surface area (TPSA) is 124 Å². The fourth-order valence-electron chi connectivity index (χ4n) is 4.18. The Kier molecular flexibility index (Phi) is 7.05. The quantitative estimate of drug-likeness (QED) is 0.158. The number of pyridine rings is 2. The molecule has 3 aromatic carbocycles. The normalized spacial score (nSPS) is 11.5. The van der Waals surface area contributed by atoms with Crippen LogP contribution in [-0.4, -0.2) is 26.8 Å². The average Bonchev–Trinajstić information content (AvgIpc) is 2.96. The number of carbonyl (C=O) groups is 2. The van der Waals surface area contributed by atoms with E-state index in [9.17, 15) is 19.7 Å². The summed E-state index contributed by atoms with van der Waals surface area (Å²) in [4.78, 5) is 46.8. The molecule has 2 aromatic heterocycles. The number of amides is 1. The Hall–Kier alpha value is -5.44. The van der Waals surface area contributed by atoms with E-state index in [-0.39, 0.29) is 16.9 Å². The Labute approximate surface area is 223 Å². The third kappa shape index (κ3) is 5.47. The Morgan fingerprint density at radius 2 is 1.64 bits per heavy atom. The van der Waals surface area contributed by atoms with Gasteiger partial charge in [0.05, 0.1) is 21.7 Å². The number of nitrogens with one attached hydrogen (secondary N) is 1. The standard InChI is InChI=1S/C30H22N4O5/c1-19-11-12-25(27(17-19)34(37)38)33-29(35)28(21-7-3-2-4-8-21)39-30(36)23-18-26(20-13-15-31-16-14-20)32-24-10-6-5-9-22(23)24/h2-18,28H,1H3,(H,33,35)/t28-/m0/s1. The summed E-state index contributed by atoms with van der Waals surface area (Å²) in [6.07, 6.45) is 1.88. The van der Waals surface area contributed by atoms with E-state index in [0.717, 1.165) is 5.56 Å². The van der Waals surface area contributed by atoms with Crippen molar-refractivity contribution in [3.63, 3.8) is 0 Å². The molecule has 0 bridgehead atoms. The zero-order valence-corrected chi connectivity index (χ0v) is 20.8. The number of nitrogens with zero attached hydrogens (tertiary/aromatic N) is 3. The minimum Gasteiger partial charge on any atom is -0.444 e. The molecule has 0 aliphatic heterocycles. The zero-order chi connectivity index (χ0) is 27.4. The van der Waals surface area contributed by atoms with Crippen molar-refractivity contribution in [1.29, 1.82) is 0 Å². The Morgan fingerprint density at radius 3 is 2.38 bits per heavy atom. The van der Waals surface area contributed by atoms with Crippen LogP contribution in [0.15, 0.2) is 103 Å². The first-order valence-electron chi connectivity index (χ1n) is 12.0. The minimum atomic E-state index is -1.38. The van der Waals surface area contributed by atoms with Crippen LogP contribution in [0.4, 0.5) is 11.4 Å². The van der Waals surface area contributed by atoms with Crippen molar-refractivity contribution in [2.45, 2.75) is 13.0 Å². The molecule has 9 nitrogen and oxygen atoms in total. The Bertz CT molecular complexity index is 1690. The second-order valence-corrected chi connectivity index (χ2v) is 8.77. The van der Waals surface area contributed by atoms with Crippen molar-refractivity contribution >= 4 is 34.2 Å². The lowest BCUT2D eigenvalue weighted by atomic mass is 10.0. The van der Waals surface area contributed by atoms with Gasteiger partial charge in [-0.3, -0.25) is 19.9 Å². The number of nitro groups is 1. The zero-order valence-electron chi connectivity index (χ0n) is 20.8. The van der Waals surface area contributed by atoms with E-state index < -0.39 is 22.9 Å². The number of fused-ring (bicyclic) bond motifs is 1. The molecule has 0 spiro atoms. The molecule has 1 N–H and O–H groups in total. The lowest BCUT2D eigenvalue weighted by Crippen LogP contribution is -2.26. The van der Waals surface area contributed by atoms with E-state index in [1.54, 1.807) is 92.1 Å². The predicted octanol–water partition coefficient (Wildman–Crippen LogP) is 6.05. The van der Waals surface area contributed by atoms with Crippen molar-refractivity contribution < 1.29 is 19.2 Å². The van der Waals surface area contributed by atoms with Crippen LogP contribution in [0.2, 0.25) is 0 Å². The molecule has 192 valence electrons. The summed E-state index contributed by atoms with van der Waals surface area (Å²) < 4.78 is 5.82. The first-order chi connectivity index (χ1) is 18.9. The van der Waals surface area contributed by atoms with Gasteiger partial charge in [-0.25, -0.2) is 9.78 Å². The van der Waals surface area contributed by atoms with Gasteiger partial charge >= 0.3 is 5.97 Å². The SMILES string of the molecule is Cc1ccc(NC(=O)[C@@H](OC(=O)c2cc(-c3ccncc3)nc3ccccc23)c2ccccc2)c([N+](=O)[O-])c1. The Morgan fingerprint density at radius 1 is 0.923 bits per heavy atom. The third-order valence-electron chi connectivity index (χ3n) is 6.09. The maximum atomic E-state index is 13.7. The highest BCUT2D eigenvalue weighted by molar-refractivity contribution is 6.06. The van der Waals surface area contributed by atoms with Gasteiger partial charge in [-0.1, -0.05) is 54.6 Å². The largest absolute Gasteiger partial charge is 0.444 e. The van der Waals surface area contributed by atoms with Crippen molar-refractivity contribution in [1.82, 2.24) is 9.97 Å². The first-order valence-corrected chi connectivity index (χ1v) is 12.0. The van der Waals surface area contributed by atoms with Crippen molar-refractivity contribution in [3.8, 4) is 11.3 Å². The van der Waals surface area contributed by atoms with Gasteiger partial charge in [0.2, 0.25) is 6.10 Å². The molecule has 0 aliphatic carbocycles. The number of aromatic nitrogens is 2. The summed E-state index contributed by atoms with van der Waals surface area (Å²) in [5, 5.41) is 14.7. The second kappa shape index (κ2) is 10.9. The Balaban J connectivity index is 1.53. The molecular formula is C30H22N4O5. The first kappa shape index (κ1) is 25.2. The van der Waals surface area contributed by atoms with Gasteiger partial charge in [-0.05, 0) is 42.8 Å². The number of hydrogen-bond acceptors (Lipinski definition) is 7. The predicted molar refractivity (Wildman–Crippen MR) is 146 cm³/mol. The van der Waals surface area contributed by atoms with Gasteiger partial charge in [-0.15, -0.1) is 0 Å². The molecule has 0 saturated carbocycles. The third-order valence-corrected chi connectivity index (χ3v) is 6.09. The number of aryl methyl sites for hydroxylation is 1. The van der Waals surface area contributed by atoms with E-state index in [1.165, 1.54) is 12.1 Å². The lowest BCUT2D eigenvalue weighted by Gasteiger charge is -2.19. The molecule has 0 unspecified atom stereocenters. The van der Waals surface area contributed by atoms with Gasteiger partial charge in [0, 0.05) is 35.0 Å². The molecule has 1 atom stereocenters. The van der Waals surface area contributed by atoms with Crippen molar-refractivity contribution in [2.75, 3.05) is 5.32 Å². The molecule has 0 radical (unpaired) electrons. The average molecular weight is 519 g/mol. The van der Waals surface area contributed by atoms with E-state index in [4.69, 9.17) is 4.74 Å². The van der Waals surface area contributed by atoms with Crippen LogP contribution in [0, 0.1) is 17.0 Å². The fourth-order valence-corrected chi connectivity index (χ4v) is 4.18. The number of benzene rings is 3. The van der Waals surface area contributed by atoms with Gasteiger partial charge in [0.1, 0.15) is 5.69 Å². The van der Waals surface area contributed by atoms with E-state index >= 15 is 0 Å². The lowest BCUT2D eigenvalue weighted by molar-refractivity contribution is -0.384. The smallest absolute Gasteiger partial charge is 0.340 e. The van der Waals surface area contributed by atoms with Crippen molar-refractivity contribution in [3.05, 3.63) is 130 Å². The van der Waals surface area contributed by atoms with Gasteiger partial charge in [-0.2, -0.15) is 0 Å². The summed E-state index contributed by atoms with van der Waals surface area (Å²) in [6.45, 7) is 1.71. The van der Waals surface area contributed by atoms with Gasteiger partial charge < -0.3 is 10.1 Å². The minimum absolute atomic E-state index is 0.00177. The summed E-state index contributed by atoms with van der Waals surface area (Å²) in [6, 6.07) is 25.3. The second-order valence-electron chi connectivity index (χ2n) is 8.77. The molecule has 5 rings (SSSR count). The fraction of sp³-hybridized carbons (Fsp3) is 0.0667. The van der Waals surface area contributed by atoms with Crippen LogP contribution in [0.5, 0.6) is 0 Å². The molecule has 39 heavy (non-hydrogen) atoms. The molecule has 5 aromatic rings. The van der Waals surface area contributed by atoms with E-state index in [1.807, 2.05) is 6.07 Å². The highest BCUT2D eigenvalue weighted by Gasteiger charge is 2.29. The van der Waals surface area contributed by atoms with Gasteiger partial charge in [0.15, 0.2) is 0 Å². The number of anilines is 1. The number of ether oxygens (including phenoxy) is 1. The van der Waals surface area contributed by atoms with Crippen LogP contribution < -0.4 is 5.32 Å². The van der Waals surface area contributed by atoms with Crippen LogP contribution in [0.3, 0.4) is 0 Å². The highest BCUT2D eigenvalue weighted by Crippen LogP contribution is 2.30. The molecule has 0 fully saturated rings. The van der Waals surface area contributed by atoms with E-state index in [0.29, 0.717) is 27.7 Å². The van der Waals surface area contributed by atoms with Crippen LogP contribution in [0.1, 0.15) is 27.6 Å². The molecule has 2 heterocycles. The number of para-hydroxylation sites is 1. The molecule has 0 saturated heterocycles. The number of esters is 1. The summed E-state index contributed by atoms with van der Waals surface area (Å²) in [5.74, 6) is -1.47. The molecule has 1 amide bonds. The summed E-state index contributed by atoms with van der Waals surface area (Å²) in [7, 11) is 0. The highest BCUT2D eigenvalue weighted by atomic mass is 16.6.